The Bertz CT molecular complexity index is 1240. The average molecular weight is 445 g/mol. The second-order valence-corrected chi connectivity index (χ2v) is 10.0. The van der Waals surface area contributed by atoms with Crippen molar-refractivity contribution >= 4 is 43.6 Å². The fourth-order valence-electron chi connectivity index (χ4n) is 5.14. The molecule has 1 unspecified atom stereocenters. The molecule has 0 amide bonds. The highest BCUT2D eigenvalue weighted by molar-refractivity contribution is 7.23. The summed E-state index contributed by atoms with van der Waals surface area (Å²) in [5.74, 6) is -0.114. The molecule has 1 atom stereocenters. The van der Waals surface area contributed by atoms with E-state index < -0.39 is 0 Å². The number of nitrogens with two attached hydrogens (primary N) is 1. The quantitative estimate of drug-likeness (QED) is 0.505. The van der Waals surface area contributed by atoms with Crippen LogP contribution in [0.3, 0.4) is 0 Å². The lowest BCUT2D eigenvalue weighted by atomic mass is 9.94. The summed E-state index contributed by atoms with van der Waals surface area (Å²) >= 11 is 1.59. The molecule has 32 heavy (non-hydrogen) atoms. The van der Waals surface area contributed by atoms with Gasteiger partial charge in [-0.05, 0) is 69.0 Å². The molecule has 1 fully saturated rings. The third-order valence-electron chi connectivity index (χ3n) is 6.90. The van der Waals surface area contributed by atoms with Crippen LogP contribution in [0.2, 0.25) is 0 Å². The molecule has 4 nitrogen and oxygen atoms in total. The Labute approximate surface area is 192 Å². The molecule has 2 aromatic carbocycles. The van der Waals surface area contributed by atoms with Crippen molar-refractivity contribution in [2.24, 2.45) is 0 Å². The normalized spacial score (nSPS) is 19.3. The van der Waals surface area contributed by atoms with Gasteiger partial charge in [0.1, 0.15) is 0 Å². The monoisotopic (exact) mass is 444 g/mol. The third kappa shape index (κ3) is 3.91. The second kappa shape index (κ2) is 8.64. The molecule has 3 aromatic rings. The number of thiophene rings is 1. The molecular formula is C27H28N2O2S. The molecule has 0 radical (unpaired) electrons. The molecule has 0 saturated carbocycles. The number of fused-ring (bicyclic) bond motifs is 2. The van der Waals surface area contributed by atoms with Crippen LogP contribution in [0.1, 0.15) is 70.9 Å². The molecule has 0 bridgehead atoms. The molecule has 2 aliphatic rings. The molecule has 2 N–H and O–H groups in total. The standard InChI is InChI=1S/C27H28N2O2S/c1-17(30)19-5-4-6-20(15-19)26(31)21-9-11-24-23(16-21)25(27(28)32-24)18-8-10-22-7-2-3-13-29(22)14-12-18/h4-6,9,11-12,15-16,22H,2-3,7-8,10,13-14,28H2,1H3. The van der Waals surface area contributed by atoms with Crippen LogP contribution in [0.5, 0.6) is 0 Å². The largest absolute Gasteiger partial charge is 0.390 e. The average Bonchev–Trinajstić information content (AvgIpc) is 2.99. The van der Waals surface area contributed by atoms with Gasteiger partial charge < -0.3 is 5.73 Å². The molecule has 164 valence electrons. The maximum Gasteiger partial charge on any atom is 0.193 e. The zero-order valence-electron chi connectivity index (χ0n) is 18.4. The first-order chi connectivity index (χ1) is 15.5. The number of rotatable bonds is 4. The van der Waals surface area contributed by atoms with Gasteiger partial charge in [0.05, 0.1) is 5.00 Å². The number of allylic oxidation sites excluding steroid dienone is 1. The van der Waals surface area contributed by atoms with Crippen molar-refractivity contribution in [3.05, 3.63) is 70.8 Å². The van der Waals surface area contributed by atoms with Gasteiger partial charge in [0.2, 0.25) is 0 Å². The summed E-state index contributed by atoms with van der Waals surface area (Å²) < 4.78 is 1.11. The van der Waals surface area contributed by atoms with Crippen LogP contribution in [0.15, 0.2) is 48.5 Å². The molecule has 1 aromatic heterocycles. The number of nitrogen functional groups attached to an aromatic ring is 1. The zero-order valence-corrected chi connectivity index (χ0v) is 19.2. The molecule has 0 aliphatic carbocycles. The topological polar surface area (TPSA) is 63.4 Å². The Morgan fingerprint density at radius 3 is 2.69 bits per heavy atom. The van der Waals surface area contributed by atoms with Crippen LogP contribution < -0.4 is 5.73 Å². The lowest BCUT2D eigenvalue weighted by Crippen LogP contribution is -2.38. The molecule has 0 spiro atoms. The van der Waals surface area contributed by atoms with E-state index in [1.54, 1.807) is 35.6 Å². The van der Waals surface area contributed by atoms with E-state index in [0.29, 0.717) is 22.7 Å². The van der Waals surface area contributed by atoms with Gasteiger partial charge in [0.15, 0.2) is 11.6 Å². The summed E-state index contributed by atoms with van der Waals surface area (Å²) in [6.45, 7) is 3.68. The van der Waals surface area contributed by atoms with E-state index in [2.05, 4.69) is 11.0 Å². The number of hydrogen-bond donors (Lipinski definition) is 1. The fraction of sp³-hybridized carbons (Fsp3) is 0.333. The number of Topliss-reactive ketones (excluding diaryl/α,β-unsaturated/α-hetero) is 1. The predicted octanol–water partition coefficient (Wildman–Crippen LogP) is 5.95. The number of carbonyl (C=O) groups is 2. The molecule has 1 saturated heterocycles. The summed E-state index contributed by atoms with van der Waals surface area (Å²) in [5, 5.41) is 1.89. The van der Waals surface area contributed by atoms with Gasteiger partial charge >= 0.3 is 0 Å². The van der Waals surface area contributed by atoms with Crippen LogP contribution in [-0.4, -0.2) is 35.6 Å². The minimum absolute atomic E-state index is 0.0420. The van der Waals surface area contributed by atoms with E-state index in [0.717, 1.165) is 33.6 Å². The van der Waals surface area contributed by atoms with Crippen molar-refractivity contribution in [1.82, 2.24) is 4.90 Å². The maximum absolute atomic E-state index is 13.2. The number of piperidine rings is 1. The minimum atomic E-state index is -0.0716. The first-order valence-corrected chi connectivity index (χ1v) is 12.2. The highest BCUT2D eigenvalue weighted by atomic mass is 32.1. The van der Waals surface area contributed by atoms with Crippen molar-refractivity contribution in [2.75, 3.05) is 18.8 Å². The zero-order chi connectivity index (χ0) is 22.2. The lowest BCUT2D eigenvalue weighted by Gasteiger charge is -2.33. The number of hydrogen-bond acceptors (Lipinski definition) is 5. The first kappa shape index (κ1) is 21.1. The van der Waals surface area contributed by atoms with Crippen molar-refractivity contribution < 1.29 is 9.59 Å². The van der Waals surface area contributed by atoms with Crippen molar-refractivity contribution in [3.8, 4) is 0 Å². The van der Waals surface area contributed by atoms with E-state index >= 15 is 0 Å². The van der Waals surface area contributed by atoms with E-state index in [-0.39, 0.29) is 11.6 Å². The van der Waals surface area contributed by atoms with E-state index in [1.807, 2.05) is 18.2 Å². The Hall–Kier alpha value is -2.76. The summed E-state index contributed by atoms with van der Waals surface area (Å²) in [4.78, 5) is 27.6. The van der Waals surface area contributed by atoms with Crippen LogP contribution in [0, 0.1) is 0 Å². The fourth-order valence-corrected chi connectivity index (χ4v) is 6.13. The van der Waals surface area contributed by atoms with Gasteiger partial charge in [-0.15, -0.1) is 11.3 Å². The number of benzene rings is 2. The number of anilines is 1. The third-order valence-corrected chi connectivity index (χ3v) is 7.90. The number of nitrogens with zero attached hydrogens (tertiary/aromatic N) is 1. The van der Waals surface area contributed by atoms with E-state index in [1.165, 1.54) is 44.7 Å². The highest BCUT2D eigenvalue weighted by Gasteiger charge is 2.26. The molecule has 3 heterocycles. The van der Waals surface area contributed by atoms with Gasteiger partial charge in [0.25, 0.3) is 0 Å². The Morgan fingerprint density at radius 2 is 1.84 bits per heavy atom. The van der Waals surface area contributed by atoms with E-state index in [4.69, 9.17) is 5.73 Å². The summed E-state index contributed by atoms with van der Waals surface area (Å²) in [6.07, 6.45) is 8.46. The Balaban J connectivity index is 1.51. The van der Waals surface area contributed by atoms with Crippen LogP contribution in [0.4, 0.5) is 5.00 Å². The molecular weight excluding hydrogens is 416 g/mol. The van der Waals surface area contributed by atoms with Gasteiger partial charge in [-0.2, -0.15) is 0 Å². The Kier molecular flexibility index (Phi) is 5.70. The summed E-state index contributed by atoms with van der Waals surface area (Å²) in [7, 11) is 0. The first-order valence-electron chi connectivity index (χ1n) is 11.4. The smallest absolute Gasteiger partial charge is 0.193 e. The molecule has 5 heteroatoms. The second-order valence-electron chi connectivity index (χ2n) is 8.93. The van der Waals surface area contributed by atoms with Crippen molar-refractivity contribution in [3.63, 3.8) is 0 Å². The van der Waals surface area contributed by atoms with Crippen molar-refractivity contribution in [2.45, 2.75) is 45.1 Å². The van der Waals surface area contributed by atoms with Crippen LogP contribution in [0.25, 0.3) is 15.7 Å². The van der Waals surface area contributed by atoms with E-state index in [9.17, 15) is 9.59 Å². The summed E-state index contributed by atoms with van der Waals surface area (Å²) in [5.41, 5.74) is 10.7. The molecule has 5 rings (SSSR count). The van der Waals surface area contributed by atoms with Gasteiger partial charge in [-0.1, -0.05) is 30.7 Å². The van der Waals surface area contributed by atoms with Crippen molar-refractivity contribution in [1.29, 1.82) is 0 Å². The van der Waals surface area contributed by atoms with Gasteiger partial charge in [-0.25, -0.2) is 0 Å². The maximum atomic E-state index is 13.2. The van der Waals surface area contributed by atoms with Gasteiger partial charge in [-0.3, -0.25) is 14.5 Å². The Morgan fingerprint density at radius 1 is 1.03 bits per heavy atom. The SMILES string of the molecule is CC(=O)c1cccc(C(=O)c2ccc3sc(N)c(C4=CCN5CCCCC5CC4)c3c2)c1. The lowest BCUT2D eigenvalue weighted by molar-refractivity contribution is 0.101. The molecule has 2 aliphatic heterocycles. The van der Waals surface area contributed by atoms with Crippen LogP contribution >= 0.6 is 11.3 Å². The van der Waals surface area contributed by atoms with Gasteiger partial charge in [0, 0.05) is 44.9 Å². The predicted molar refractivity (Wildman–Crippen MR) is 133 cm³/mol. The summed E-state index contributed by atoms with van der Waals surface area (Å²) in [6, 6.07) is 13.5. The number of ketones is 2. The van der Waals surface area contributed by atoms with Crippen LogP contribution in [-0.2, 0) is 0 Å². The minimum Gasteiger partial charge on any atom is -0.390 e. The number of carbonyl (C=O) groups excluding carboxylic acids is 2. The highest BCUT2D eigenvalue weighted by Crippen LogP contribution is 2.41.